The van der Waals surface area contributed by atoms with Crippen molar-refractivity contribution in [2.75, 3.05) is 7.11 Å². The fourth-order valence-corrected chi connectivity index (χ4v) is 4.88. The summed E-state index contributed by atoms with van der Waals surface area (Å²) in [5.41, 5.74) is 1.36. The van der Waals surface area contributed by atoms with E-state index in [0.717, 1.165) is 15.8 Å². The van der Waals surface area contributed by atoms with Gasteiger partial charge < -0.3 is 19.2 Å². The van der Waals surface area contributed by atoms with Gasteiger partial charge in [0.25, 0.3) is 5.91 Å². The zero-order valence-corrected chi connectivity index (χ0v) is 18.0. The summed E-state index contributed by atoms with van der Waals surface area (Å²) in [5, 5.41) is 13.5. The van der Waals surface area contributed by atoms with Crippen molar-refractivity contribution in [1.29, 1.82) is 0 Å². The number of hydrogen-bond donors (Lipinski definition) is 1. The monoisotopic (exact) mass is 445 g/mol. The molecule has 0 fully saturated rings. The molecule has 1 aliphatic rings. The van der Waals surface area contributed by atoms with Gasteiger partial charge in [-0.2, -0.15) is 0 Å². The summed E-state index contributed by atoms with van der Waals surface area (Å²) in [6, 6.07) is 19.3. The van der Waals surface area contributed by atoms with Gasteiger partial charge in [-0.15, -0.1) is 11.3 Å². The Hall–Kier alpha value is -3.84. The number of furan rings is 1. The maximum atomic E-state index is 13.5. The molecule has 0 radical (unpaired) electrons. The van der Waals surface area contributed by atoms with E-state index >= 15 is 0 Å². The minimum absolute atomic E-state index is 0.0198. The Morgan fingerprint density at radius 3 is 2.66 bits per heavy atom. The van der Waals surface area contributed by atoms with Crippen LogP contribution in [0.2, 0.25) is 0 Å². The van der Waals surface area contributed by atoms with Gasteiger partial charge in [-0.1, -0.05) is 42.5 Å². The number of ketones is 1. The molecule has 0 aliphatic carbocycles. The van der Waals surface area contributed by atoms with E-state index in [0.29, 0.717) is 11.3 Å². The number of aliphatic hydroxyl groups excluding tert-OH is 1. The second-order valence-corrected chi connectivity index (χ2v) is 8.38. The van der Waals surface area contributed by atoms with E-state index in [1.54, 1.807) is 19.2 Å². The van der Waals surface area contributed by atoms with Gasteiger partial charge in [-0.05, 0) is 29.6 Å². The van der Waals surface area contributed by atoms with Gasteiger partial charge in [-0.25, -0.2) is 0 Å². The molecule has 0 bridgehead atoms. The Balaban J connectivity index is 1.58. The SMILES string of the molecule is COc1ccccc1CN1C(=O)C(O)=C(C(=O)c2cc3ccccc3o2)C1c1cccs1. The molecule has 160 valence electrons. The minimum atomic E-state index is -0.729. The van der Waals surface area contributed by atoms with Crippen LogP contribution in [0.5, 0.6) is 5.75 Å². The third-order valence-corrected chi connectivity index (χ3v) is 6.47. The molecule has 4 aromatic rings. The van der Waals surface area contributed by atoms with Crippen LogP contribution in [-0.2, 0) is 11.3 Å². The number of para-hydroxylation sites is 2. The molecule has 32 heavy (non-hydrogen) atoms. The number of nitrogens with zero attached hydrogens (tertiary/aromatic N) is 1. The lowest BCUT2D eigenvalue weighted by Crippen LogP contribution is -2.30. The van der Waals surface area contributed by atoms with Crippen molar-refractivity contribution in [3.63, 3.8) is 0 Å². The Bertz CT molecular complexity index is 1320. The first-order chi connectivity index (χ1) is 15.6. The molecule has 6 nitrogen and oxygen atoms in total. The average Bonchev–Trinajstić information content (AvgIpc) is 3.54. The molecule has 1 aliphatic heterocycles. The molecule has 0 spiro atoms. The Morgan fingerprint density at radius 2 is 1.91 bits per heavy atom. The topological polar surface area (TPSA) is 80.0 Å². The number of fused-ring (bicyclic) bond motifs is 1. The van der Waals surface area contributed by atoms with E-state index in [1.165, 1.54) is 16.2 Å². The van der Waals surface area contributed by atoms with Crippen molar-refractivity contribution in [1.82, 2.24) is 4.90 Å². The number of carbonyl (C=O) groups excluding carboxylic acids is 2. The van der Waals surface area contributed by atoms with Gasteiger partial charge in [-0.3, -0.25) is 9.59 Å². The lowest BCUT2D eigenvalue weighted by atomic mass is 10.00. The van der Waals surface area contributed by atoms with E-state index in [9.17, 15) is 14.7 Å². The maximum Gasteiger partial charge on any atom is 0.290 e. The highest BCUT2D eigenvalue weighted by Gasteiger charge is 2.45. The summed E-state index contributed by atoms with van der Waals surface area (Å²) in [6.07, 6.45) is 0. The van der Waals surface area contributed by atoms with Gasteiger partial charge >= 0.3 is 0 Å². The molecule has 1 unspecified atom stereocenters. The van der Waals surface area contributed by atoms with Crippen molar-refractivity contribution in [2.45, 2.75) is 12.6 Å². The summed E-state index contributed by atoms with van der Waals surface area (Å²) in [4.78, 5) is 28.9. The number of carbonyl (C=O) groups is 2. The van der Waals surface area contributed by atoms with Crippen LogP contribution in [-0.4, -0.2) is 28.8 Å². The highest BCUT2D eigenvalue weighted by molar-refractivity contribution is 7.10. The fraction of sp³-hybridized carbons (Fsp3) is 0.120. The van der Waals surface area contributed by atoms with Crippen molar-refractivity contribution >= 4 is 34.0 Å². The zero-order chi connectivity index (χ0) is 22.2. The van der Waals surface area contributed by atoms with E-state index < -0.39 is 23.5 Å². The van der Waals surface area contributed by atoms with Crippen molar-refractivity contribution in [3.05, 3.63) is 99.6 Å². The number of amides is 1. The summed E-state index contributed by atoms with van der Waals surface area (Å²) in [6.45, 7) is 0.173. The van der Waals surface area contributed by atoms with Gasteiger partial charge in [0.1, 0.15) is 17.4 Å². The van der Waals surface area contributed by atoms with Crippen LogP contribution in [0.3, 0.4) is 0 Å². The highest BCUT2D eigenvalue weighted by atomic mass is 32.1. The quantitative estimate of drug-likeness (QED) is 0.409. The molecule has 2 aromatic heterocycles. The molecule has 2 aromatic carbocycles. The number of methoxy groups -OCH3 is 1. The largest absolute Gasteiger partial charge is 0.503 e. The number of aliphatic hydroxyl groups is 1. The summed E-state index contributed by atoms with van der Waals surface area (Å²) >= 11 is 1.42. The third kappa shape index (κ3) is 3.27. The normalized spacial score (nSPS) is 16.2. The summed E-state index contributed by atoms with van der Waals surface area (Å²) in [7, 11) is 1.56. The van der Waals surface area contributed by atoms with Crippen molar-refractivity contribution in [3.8, 4) is 5.75 Å². The molecule has 7 heteroatoms. The molecule has 1 atom stereocenters. The highest BCUT2D eigenvalue weighted by Crippen LogP contribution is 2.42. The molecule has 1 N–H and O–H groups in total. The lowest BCUT2D eigenvalue weighted by molar-refractivity contribution is -0.130. The van der Waals surface area contributed by atoms with E-state index in [4.69, 9.17) is 9.15 Å². The Labute approximate surface area is 188 Å². The number of ether oxygens (including phenoxy) is 1. The maximum absolute atomic E-state index is 13.5. The molecule has 5 rings (SSSR count). The number of benzene rings is 2. The van der Waals surface area contributed by atoms with Gasteiger partial charge in [0.15, 0.2) is 11.5 Å². The summed E-state index contributed by atoms with van der Waals surface area (Å²) < 4.78 is 11.2. The minimum Gasteiger partial charge on any atom is -0.503 e. The number of hydrogen-bond acceptors (Lipinski definition) is 6. The second kappa shape index (κ2) is 8.01. The lowest BCUT2D eigenvalue weighted by Gasteiger charge is -2.26. The van der Waals surface area contributed by atoms with Crippen LogP contribution < -0.4 is 4.74 Å². The fourth-order valence-electron chi connectivity index (χ4n) is 4.03. The first-order valence-corrected chi connectivity index (χ1v) is 10.9. The van der Waals surface area contributed by atoms with Crippen LogP contribution in [0.15, 0.2) is 87.9 Å². The van der Waals surface area contributed by atoms with Crippen LogP contribution in [0, 0.1) is 0 Å². The summed E-state index contributed by atoms with van der Waals surface area (Å²) in [5.74, 6) is -0.950. The van der Waals surface area contributed by atoms with Gasteiger partial charge in [0, 0.05) is 15.8 Å². The van der Waals surface area contributed by atoms with Crippen molar-refractivity contribution < 1.29 is 23.8 Å². The van der Waals surface area contributed by atoms with Gasteiger partial charge in [0.05, 0.1) is 19.2 Å². The predicted molar refractivity (Wildman–Crippen MR) is 121 cm³/mol. The van der Waals surface area contributed by atoms with Crippen LogP contribution in [0.25, 0.3) is 11.0 Å². The predicted octanol–water partition coefficient (Wildman–Crippen LogP) is 5.28. The Kier molecular flexibility index (Phi) is 5.03. The third-order valence-electron chi connectivity index (χ3n) is 5.54. The molecule has 0 saturated carbocycles. The zero-order valence-electron chi connectivity index (χ0n) is 17.1. The molecule has 0 saturated heterocycles. The first-order valence-electron chi connectivity index (χ1n) is 10.0. The smallest absolute Gasteiger partial charge is 0.290 e. The van der Waals surface area contributed by atoms with Crippen LogP contribution in [0.4, 0.5) is 0 Å². The van der Waals surface area contributed by atoms with Gasteiger partial charge in [0.2, 0.25) is 5.78 Å². The molecular weight excluding hydrogens is 426 g/mol. The number of rotatable bonds is 6. The van der Waals surface area contributed by atoms with E-state index in [1.807, 2.05) is 60.0 Å². The molecule has 1 amide bonds. The first kappa shape index (κ1) is 20.1. The average molecular weight is 445 g/mol. The number of thiophene rings is 1. The van der Waals surface area contributed by atoms with E-state index in [2.05, 4.69) is 0 Å². The van der Waals surface area contributed by atoms with Crippen molar-refractivity contribution in [2.24, 2.45) is 0 Å². The van der Waals surface area contributed by atoms with E-state index in [-0.39, 0.29) is 17.9 Å². The van der Waals surface area contributed by atoms with Crippen LogP contribution in [0.1, 0.15) is 27.0 Å². The molecular formula is C25H19NO5S. The standard InChI is InChI=1S/C25H19NO5S/c1-30-17-9-4-3-8-16(17)14-26-22(20-11-6-12-32-20)21(24(28)25(26)29)23(27)19-13-15-7-2-5-10-18(15)31-19/h2-13,22,28H,14H2,1H3. The van der Waals surface area contributed by atoms with Crippen LogP contribution >= 0.6 is 11.3 Å². The Morgan fingerprint density at radius 1 is 1.12 bits per heavy atom. The number of Topliss-reactive ketones (excluding diaryl/α,β-unsaturated/α-hetero) is 1. The molecule has 3 heterocycles. The second-order valence-electron chi connectivity index (χ2n) is 7.40.